The van der Waals surface area contributed by atoms with Crippen molar-refractivity contribution in [3.8, 4) is 11.5 Å². The molecular formula is C19H18N2O2. The summed E-state index contributed by atoms with van der Waals surface area (Å²) < 4.78 is 5.12. The molecule has 0 saturated carbocycles. The standard InChI is InChI=1S/C19H18N2O2/c1-23-18-9-8-13(10-17(18)22)19-20-14-6-2-4-12-5-3-7-16(21-19)15(12)11-14/h2-10,19-22H,11H2,1H3. The second kappa shape index (κ2) is 5.39. The number of methoxy groups -OCH3 is 1. The minimum atomic E-state index is -0.110. The van der Waals surface area contributed by atoms with Crippen molar-refractivity contribution in [2.45, 2.75) is 12.6 Å². The van der Waals surface area contributed by atoms with Crippen molar-refractivity contribution in [2.75, 3.05) is 12.4 Å². The topological polar surface area (TPSA) is 53.5 Å². The molecule has 0 saturated heterocycles. The molecule has 4 heteroatoms. The summed E-state index contributed by atoms with van der Waals surface area (Å²) in [6.07, 6.45) is 7.07. The lowest BCUT2D eigenvalue weighted by Gasteiger charge is -2.22. The van der Waals surface area contributed by atoms with Crippen LogP contribution in [-0.4, -0.2) is 12.2 Å². The first-order chi connectivity index (χ1) is 11.2. The van der Waals surface area contributed by atoms with E-state index in [4.69, 9.17) is 4.74 Å². The molecule has 2 aliphatic rings. The van der Waals surface area contributed by atoms with Crippen molar-refractivity contribution < 1.29 is 9.84 Å². The summed E-state index contributed by atoms with van der Waals surface area (Å²) in [7, 11) is 1.55. The second-order valence-electron chi connectivity index (χ2n) is 5.75. The van der Waals surface area contributed by atoms with Crippen LogP contribution in [-0.2, 0) is 6.42 Å². The second-order valence-corrected chi connectivity index (χ2v) is 5.75. The molecule has 0 aromatic heterocycles. The zero-order valence-electron chi connectivity index (χ0n) is 12.8. The molecule has 3 N–H and O–H groups in total. The molecule has 2 bridgehead atoms. The molecule has 0 spiro atoms. The third-order valence-corrected chi connectivity index (χ3v) is 4.32. The maximum Gasteiger partial charge on any atom is 0.160 e. The highest BCUT2D eigenvalue weighted by Gasteiger charge is 2.22. The van der Waals surface area contributed by atoms with Gasteiger partial charge >= 0.3 is 0 Å². The molecule has 1 atom stereocenters. The molecule has 4 rings (SSSR count). The predicted molar refractivity (Wildman–Crippen MR) is 91.4 cm³/mol. The Hall–Kier alpha value is -2.88. The average Bonchev–Trinajstić information content (AvgIpc) is 2.87. The van der Waals surface area contributed by atoms with Gasteiger partial charge in [-0.2, -0.15) is 0 Å². The molecule has 4 nitrogen and oxygen atoms in total. The molecule has 1 aliphatic carbocycles. The smallest absolute Gasteiger partial charge is 0.160 e. The van der Waals surface area contributed by atoms with Crippen LogP contribution in [0.15, 0.2) is 54.2 Å². The minimum absolute atomic E-state index is 0.110. The first-order valence-electron chi connectivity index (χ1n) is 7.64. The Labute approximate surface area is 135 Å². The normalized spacial score (nSPS) is 18.1. The van der Waals surface area contributed by atoms with Crippen LogP contribution in [0.4, 0.5) is 5.69 Å². The maximum atomic E-state index is 10.1. The van der Waals surface area contributed by atoms with Gasteiger partial charge in [0.2, 0.25) is 0 Å². The number of fused-ring (bicyclic) bond motifs is 1. The predicted octanol–water partition coefficient (Wildman–Crippen LogP) is 3.57. The fourth-order valence-corrected chi connectivity index (χ4v) is 3.14. The Morgan fingerprint density at radius 2 is 2.09 bits per heavy atom. The van der Waals surface area contributed by atoms with E-state index < -0.39 is 0 Å². The summed E-state index contributed by atoms with van der Waals surface area (Å²) in [4.78, 5) is 0. The van der Waals surface area contributed by atoms with Gasteiger partial charge in [-0.15, -0.1) is 0 Å². The molecule has 2 aromatic rings. The van der Waals surface area contributed by atoms with Crippen LogP contribution in [0.5, 0.6) is 11.5 Å². The largest absolute Gasteiger partial charge is 0.504 e. The molecule has 1 aliphatic heterocycles. The van der Waals surface area contributed by atoms with E-state index in [1.165, 1.54) is 11.1 Å². The van der Waals surface area contributed by atoms with E-state index in [1.54, 1.807) is 19.2 Å². The van der Waals surface area contributed by atoms with Crippen LogP contribution < -0.4 is 15.4 Å². The number of phenols is 1. The fraction of sp³-hybridized carbons (Fsp3) is 0.158. The highest BCUT2D eigenvalue weighted by molar-refractivity contribution is 5.69. The zero-order valence-corrected chi connectivity index (χ0v) is 12.8. The first-order valence-corrected chi connectivity index (χ1v) is 7.64. The van der Waals surface area contributed by atoms with Gasteiger partial charge in [0.05, 0.1) is 7.11 Å². The van der Waals surface area contributed by atoms with E-state index in [2.05, 4.69) is 47.1 Å². The number of nitrogens with one attached hydrogen (secondary N) is 2. The Morgan fingerprint density at radius 3 is 2.91 bits per heavy atom. The number of benzene rings is 2. The van der Waals surface area contributed by atoms with Gasteiger partial charge in [-0.25, -0.2) is 0 Å². The van der Waals surface area contributed by atoms with E-state index >= 15 is 0 Å². The van der Waals surface area contributed by atoms with Gasteiger partial charge in [0.15, 0.2) is 11.5 Å². The average molecular weight is 306 g/mol. The Kier molecular flexibility index (Phi) is 3.23. The minimum Gasteiger partial charge on any atom is -0.504 e. The zero-order chi connectivity index (χ0) is 15.8. The molecule has 0 radical (unpaired) electrons. The van der Waals surface area contributed by atoms with Crippen molar-refractivity contribution in [2.24, 2.45) is 0 Å². The molecule has 116 valence electrons. The van der Waals surface area contributed by atoms with E-state index in [9.17, 15) is 5.11 Å². The molecule has 0 fully saturated rings. The number of ether oxygens (including phenoxy) is 1. The van der Waals surface area contributed by atoms with E-state index in [-0.39, 0.29) is 11.9 Å². The van der Waals surface area contributed by atoms with Crippen LogP contribution in [0.3, 0.4) is 0 Å². The molecule has 2 aromatic carbocycles. The van der Waals surface area contributed by atoms with Crippen LogP contribution >= 0.6 is 0 Å². The summed E-state index contributed by atoms with van der Waals surface area (Å²) in [5.41, 5.74) is 5.75. The number of phenolic OH excluding ortho intramolecular Hbond substituents is 1. The number of aromatic hydroxyl groups is 1. The van der Waals surface area contributed by atoms with Crippen LogP contribution in [0.1, 0.15) is 22.9 Å². The quantitative estimate of drug-likeness (QED) is 0.794. The lowest BCUT2D eigenvalue weighted by atomic mass is 10.0. The van der Waals surface area contributed by atoms with E-state index in [0.717, 1.165) is 23.4 Å². The third-order valence-electron chi connectivity index (χ3n) is 4.32. The fourth-order valence-electron chi connectivity index (χ4n) is 3.14. The lowest BCUT2D eigenvalue weighted by Crippen LogP contribution is -2.26. The number of rotatable bonds is 2. The van der Waals surface area contributed by atoms with Gasteiger partial charge in [0, 0.05) is 17.8 Å². The van der Waals surface area contributed by atoms with Crippen LogP contribution in [0.25, 0.3) is 6.08 Å². The van der Waals surface area contributed by atoms with Crippen LogP contribution in [0.2, 0.25) is 0 Å². The Morgan fingerprint density at radius 1 is 1.17 bits per heavy atom. The Bertz CT molecular complexity index is 824. The first kappa shape index (κ1) is 13.8. The van der Waals surface area contributed by atoms with Crippen molar-refractivity contribution in [3.05, 3.63) is 70.9 Å². The van der Waals surface area contributed by atoms with Gasteiger partial charge in [-0.1, -0.05) is 30.4 Å². The SMILES string of the molecule is COc1ccc(C2NC3=CC=Cc4cccc(c4C3)N2)cc1O. The Balaban J connectivity index is 1.77. The van der Waals surface area contributed by atoms with E-state index in [0.29, 0.717) is 5.75 Å². The molecule has 0 amide bonds. The number of allylic oxidation sites excluding steroid dienone is 3. The van der Waals surface area contributed by atoms with Gasteiger partial charge in [0.25, 0.3) is 0 Å². The van der Waals surface area contributed by atoms with Gasteiger partial charge < -0.3 is 20.5 Å². The monoisotopic (exact) mass is 306 g/mol. The third kappa shape index (κ3) is 2.42. The van der Waals surface area contributed by atoms with Crippen molar-refractivity contribution in [3.63, 3.8) is 0 Å². The summed E-state index contributed by atoms with van der Waals surface area (Å²) in [5, 5.41) is 17.1. The summed E-state index contributed by atoms with van der Waals surface area (Å²) in [5.74, 6) is 0.620. The summed E-state index contributed by atoms with van der Waals surface area (Å²) in [6, 6.07) is 11.8. The van der Waals surface area contributed by atoms with Crippen molar-refractivity contribution >= 4 is 11.8 Å². The lowest BCUT2D eigenvalue weighted by molar-refractivity contribution is 0.372. The molecular weight excluding hydrogens is 288 g/mol. The number of hydrogen-bond donors (Lipinski definition) is 3. The number of anilines is 1. The van der Waals surface area contributed by atoms with Gasteiger partial charge in [-0.05, 0) is 41.0 Å². The summed E-state index contributed by atoms with van der Waals surface area (Å²) in [6.45, 7) is 0. The molecule has 1 unspecified atom stereocenters. The van der Waals surface area contributed by atoms with Crippen molar-refractivity contribution in [1.29, 1.82) is 0 Å². The molecule has 1 heterocycles. The van der Waals surface area contributed by atoms with Gasteiger partial charge in [-0.3, -0.25) is 0 Å². The summed E-state index contributed by atoms with van der Waals surface area (Å²) >= 11 is 0. The van der Waals surface area contributed by atoms with E-state index in [1.807, 2.05) is 6.07 Å². The maximum absolute atomic E-state index is 10.1. The highest BCUT2D eigenvalue weighted by Crippen LogP contribution is 2.34. The van der Waals surface area contributed by atoms with Crippen LogP contribution in [0, 0.1) is 0 Å². The number of hydrogen-bond acceptors (Lipinski definition) is 4. The highest BCUT2D eigenvalue weighted by atomic mass is 16.5. The van der Waals surface area contributed by atoms with Crippen molar-refractivity contribution in [1.82, 2.24) is 5.32 Å². The van der Waals surface area contributed by atoms with Gasteiger partial charge in [0.1, 0.15) is 6.17 Å². The molecule has 23 heavy (non-hydrogen) atoms.